The summed E-state index contributed by atoms with van der Waals surface area (Å²) in [6.45, 7) is 4.59. The Morgan fingerprint density at radius 1 is 1.17 bits per heavy atom. The number of nitrogens with zero attached hydrogens (tertiary/aromatic N) is 2. The van der Waals surface area contributed by atoms with Crippen molar-refractivity contribution in [2.24, 2.45) is 0 Å². The average molecular weight is 287 g/mol. The quantitative estimate of drug-likeness (QED) is 0.795. The van der Waals surface area contributed by atoms with Gasteiger partial charge in [-0.15, -0.1) is 0 Å². The molecule has 1 aliphatic heterocycles. The summed E-state index contributed by atoms with van der Waals surface area (Å²) in [5.41, 5.74) is 0.999. The SMILES string of the molecule is O=CCCN1CCN(c2cccc(Cl)c2Cl)CC1. The van der Waals surface area contributed by atoms with Gasteiger partial charge in [0.25, 0.3) is 0 Å². The Morgan fingerprint density at radius 2 is 1.89 bits per heavy atom. The van der Waals surface area contributed by atoms with Gasteiger partial charge >= 0.3 is 0 Å². The molecule has 0 amide bonds. The first kappa shape index (κ1) is 13.7. The van der Waals surface area contributed by atoms with E-state index >= 15 is 0 Å². The predicted molar refractivity (Wildman–Crippen MR) is 75.8 cm³/mol. The third-order valence-electron chi connectivity index (χ3n) is 3.21. The summed E-state index contributed by atoms with van der Waals surface area (Å²) in [4.78, 5) is 14.9. The van der Waals surface area contributed by atoms with Gasteiger partial charge in [-0.1, -0.05) is 29.3 Å². The van der Waals surface area contributed by atoms with Crippen molar-refractivity contribution in [3.05, 3.63) is 28.2 Å². The largest absolute Gasteiger partial charge is 0.368 e. The molecular weight excluding hydrogens is 271 g/mol. The summed E-state index contributed by atoms with van der Waals surface area (Å²) >= 11 is 12.2. The second-order valence-electron chi connectivity index (χ2n) is 4.36. The molecule has 0 spiro atoms. The lowest BCUT2D eigenvalue weighted by atomic mass is 10.2. The predicted octanol–water partition coefficient (Wildman–Crippen LogP) is 2.70. The van der Waals surface area contributed by atoms with Crippen molar-refractivity contribution in [3.8, 4) is 0 Å². The molecule has 5 heteroatoms. The second-order valence-corrected chi connectivity index (χ2v) is 5.14. The van der Waals surface area contributed by atoms with E-state index in [1.165, 1.54) is 0 Å². The van der Waals surface area contributed by atoms with Crippen molar-refractivity contribution in [2.75, 3.05) is 37.6 Å². The van der Waals surface area contributed by atoms with Crippen molar-refractivity contribution in [2.45, 2.75) is 6.42 Å². The van der Waals surface area contributed by atoms with Crippen molar-refractivity contribution >= 4 is 35.2 Å². The van der Waals surface area contributed by atoms with Crippen molar-refractivity contribution in [1.29, 1.82) is 0 Å². The van der Waals surface area contributed by atoms with Crippen molar-refractivity contribution in [3.63, 3.8) is 0 Å². The van der Waals surface area contributed by atoms with Crippen LogP contribution in [-0.4, -0.2) is 43.9 Å². The smallest absolute Gasteiger partial charge is 0.121 e. The maximum atomic E-state index is 10.3. The van der Waals surface area contributed by atoms with Gasteiger partial charge < -0.3 is 9.69 Å². The Morgan fingerprint density at radius 3 is 2.56 bits per heavy atom. The van der Waals surface area contributed by atoms with E-state index < -0.39 is 0 Å². The first-order chi connectivity index (χ1) is 8.72. The molecule has 0 aromatic heterocycles. The van der Waals surface area contributed by atoms with E-state index in [2.05, 4.69) is 9.80 Å². The fraction of sp³-hybridized carbons (Fsp3) is 0.462. The zero-order valence-electron chi connectivity index (χ0n) is 10.1. The zero-order valence-corrected chi connectivity index (χ0v) is 11.6. The lowest BCUT2D eigenvalue weighted by molar-refractivity contribution is -0.108. The van der Waals surface area contributed by atoms with Crippen LogP contribution < -0.4 is 4.90 Å². The number of hydrogen-bond donors (Lipinski definition) is 0. The van der Waals surface area contributed by atoms with E-state index in [4.69, 9.17) is 23.2 Å². The van der Waals surface area contributed by atoms with Gasteiger partial charge in [-0.25, -0.2) is 0 Å². The van der Waals surface area contributed by atoms with Gasteiger partial charge in [-0.3, -0.25) is 4.90 Å². The Hall–Kier alpha value is -0.770. The highest BCUT2D eigenvalue weighted by Crippen LogP contribution is 2.32. The topological polar surface area (TPSA) is 23.6 Å². The Kier molecular flexibility index (Phi) is 4.87. The fourth-order valence-electron chi connectivity index (χ4n) is 2.18. The number of carbonyl (C=O) groups is 1. The monoisotopic (exact) mass is 286 g/mol. The standard InChI is InChI=1S/C13H16Cl2N2O/c14-11-3-1-4-12(13(11)15)17-8-6-16(7-9-17)5-2-10-18/h1,3-4,10H,2,5-9H2. The van der Waals surface area contributed by atoms with Gasteiger partial charge in [0.1, 0.15) is 6.29 Å². The van der Waals surface area contributed by atoms with E-state index in [0.717, 1.165) is 44.7 Å². The summed E-state index contributed by atoms with van der Waals surface area (Å²) in [5, 5.41) is 1.22. The van der Waals surface area contributed by atoms with Crippen LogP contribution in [0.3, 0.4) is 0 Å². The first-order valence-electron chi connectivity index (χ1n) is 6.07. The minimum Gasteiger partial charge on any atom is -0.368 e. The molecule has 1 saturated heterocycles. The molecule has 1 heterocycles. The molecule has 0 saturated carbocycles. The van der Waals surface area contributed by atoms with E-state index in [1.54, 1.807) is 6.07 Å². The number of anilines is 1. The van der Waals surface area contributed by atoms with E-state index in [9.17, 15) is 4.79 Å². The Labute approximate surface area is 117 Å². The van der Waals surface area contributed by atoms with Crippen LogP contribution in [0.15, 0.2) is 18.2 Å². The molecule has 2 rings (SSSR count). The summed E-state index contributed by atoms with van der Waals surface area (Å²) in [7, 11) is 0. The molecule has 1 fully saturated rings. The minimum atomic E-state index is 0.595. The molecule has 1 aromatic rings. The number of piperazine rings is 1. The van der Waals surface area contributed by atoms with Crippen LogP contribution in [0.25, 0.3) is 0 Å². The lowest BCUT2D eigenvalue weighted by Gasteiger charge is -2.36. The van der Waals surface area contributed by atoms with E-state index in [0.29, 0.717) is 16.5 Å². The number of benzene rings is 1. The molecule has 1 aromatic carbocycles. The number of carbonyl (C=O) groups excluding carboxylic acids is 1. The van der Waals surface area contributed by atoms with Crippen LogP contribution in [0, 0.1) is 0 Å². The van der Waals surface area contributed by atoms with Crippen LogP contribution in [0.2, 0.25) is 10.0 Å². The summed E-state index contributed by atoms with van der Waals surface area (Å²) < 4.78 is 0. The number of hydrogen-bond acceptors (Lipinski definition) is 3. The summed E-state index contributed by atoms with van der Waals surface area (Å²) in [6, 6.07) is 5.71. The van der Waals surface area contributed by atoms with E-state index in [1.807, 2.05) is 12.1 Å². The molecule has 18 heavy (non-hydrogen) atoms. The first-order valence-corrected chi connectivity index (χ1v) is 6.83. The van der Waals surface area contributed by atoms with Crippen LogP contribution in [-0.2, 0) is 4.79 Å². The lowest BCUT2D eigenvalue weighted by Crippen LogP contribution is -2.46. The van der Waals surface area contributed by atoms with Crippen molar-refractivity contribution < 1.29 is 4.79 Å². The van der Waals surface area contributed by atoms with Gasteiger partial charge in [0.15, 0.2) is 0 Å². The Balaban J connectivity index is 1.97. The number of aldehydes is 1. The molecule has 0 radical (unpaired) electrons. The highest BCUT2D eigenvalue weighted by Gasteiger charge is 2.19. The Bertz CT molecular complexity index is 417. The van der Waals surface area contributed by atoms with Crippen LogP contribution >= 0.6 is 23.2 Å². The molecule has 3 nitrogen and oxygen atoms in total. The normalized spacial score (nSPS) is 16.9. The molecule has 98 valence electrons. The zero-order chi connectivity index (χ0) is 13.0. The highest BCUT2D eigenvalue weighted by atomic mass is 35.5. The number of rotatable bonds is 4. The fourth-order valence-corrected chi connectivity index (χ4v) is 2.60. The van der Waals surface area contributed by atoms with Crippen LogP contribution in [0.1, 0.15) is 6.42 Å². The third-order valence-corrected chi connectivity index (χ3v) is 4.02. The van der Waals surface area contributed by atoms with Crippen molar-refractivity contribution in [1.82, 2.24) is 4.90 Å². The molecule has 0 atom stereocenters. The molecular formula is C13H16Cl2N2O. The second kappa shape index (κ2) is 6.41. The minimum absolute atomic E-state index is 0.595. The molecule has 0 unspecified atom stereocenters. The molecule has 0 N–H and O–H groups in total. The maximum Gasteiger partial charge on any atom is 0.121 e. The molecule has 1 aliphatic rings. The average Bonchev–Trinajstić information content (AvgIpc) is 2.40. The number of halogens is 2. The summed E-state index contributed by atoms with van der Waals surface area (Å²) in [6.07, 6.45) is 1.58. The van der Waals surface area contributed by atoms with Gasteiger partial charge in [0, 0.05) is 39.1 Å². The van der Waals surface area contributed by atoms with Gasteiger partial charge in [0.05, 0.1) is 15.7 Å². The van der Waals surface area contributed by atoms with Gasteiger partial charge in [-0.05, 0) is 12.1 Å². The summed E-state index contributed by atoms with van der Waals surface area (Å²) in [5.74, 6) is 0. The molecule has 0 aliphatic carbocycles. The van der Waals surface area contributed by atoms with E-state index in [-0.39, 0.29) is 0 Å². The highest BCUT2D eigenvalue weighted by molar-refractivity contribution is 6.43. The van der Waals surface area contributed by atoms with Gasteiger partial charge in [-0.2, -0.15) is 0 Å². The van der Waals surface area contributed by atoms with Crippen LogP contribution in [0.4, 0.5) is 5.69 Å². The molecule has 0 bridgehead atoms. The van der Waals surface area contributed by atoms with Crippen LogP contribution in [0.5, 0.6) is 0 Å². The third kappa shape index (κ3) is 3.16. The maximum absolute atomic E-state index is 10.3. The van der Waals surface area contributed by atoms with Gasteiger partial charge in [0.2, 0.25) is 0 Å².